The van der Waals surface area contributed by atoms with Gasteiger partial charge in [-0.1, -0.05) is 12.8 Å². The molecule has 3 fully saturated rings. The molecule has 1 amide bonds. The molecule has 2 heterocycles. The molecular formula is C15H23NO3. The van der Waals surface area contributed by atoms with Gasteiger partial charge in [-0.3, -0.25) is 9.59 Å². The highest BCUT2D eigenvalue weighted by molar-refractivity contribution is 5.78. The number of hydrogen-bond donors (Lipinski definition) is 0. The summed E-state index contributed by atoms with van der Waals surface area (Å²) in [7, 11) is 0. The minimum absolute atomic E-state index is 0.113. The molecule has 0 radical (unpaired) electrons. The zero-order valence-electron chi connectivity index (χ0n) is 11.5. The van der Waals surface area contributed by atoms with E-state index in [2.05, 4.69) is 0 Å². The lowest BCUT2D eigenvalue weighted by molar-refractivity contribution is -0.138. The van der Waals surface area contributed by atoms with Gasteiger partial charge in [0.2, 0.25) is 5.91 Å². The van der Waals surface area contributed by atoms with E-state index in [1.807, 2.05) is 4.90 Å². The molecule has 3 aliphatic rings. The van der Waals surface area contributed by atoms with Crippen LogP contribution in [0, 0.1) is 11.3 Å². The number of amides is 1. The number of cyclic esters (lactones) is 1. The van der Waals surface area contributed by atoms with Crippen LogP contribution in [0.15, 0.2) is 0 Å². The van der Waals surface area contributed by atoms with E-state index in [1.54, 1.807) is 0 Å². The normalized spacial score (nSPS) is 29.8. The molecule has 3 rings (SSSR count). The van der Waals surface area contributed by atoms with Gasteiger partial charge in [0, 0.05) is 25.4 Å². The Balaban J connectivity index is 1.48. The molecule has 0 unspecified atom stereocenters. The van der Waals surface area contributed by atoms with Crippen molar-refractivity contribution in [2.24, 2.45) is 11.3 Å². The molecule has 106 valence electrons. The summed E-state index contributed by atoms with van der Waals surface area (Å²) in [6, 6.07) is 0. The van der Waals surface area contributed by atoms with Crippen molar-refractivity contribution in [3.8, 4) is 0 Å². The van der Waals surface area contributed by atoms with Crippen LogP contribution in [0.5, 0.6) is 0 Å². The van der Waals surface area contributed by atoms with Crippen LogP contribution < -0.4 is 0 Å². The molecule has 2 saturated heterocycles. The lowest BCUT2D eigenvalue weighted by Crippen LogP contribution is -2.42. The summed E-state index contributed by atoms with van der Waals surface area (Å²) in [5.41, 5.74) is 0.559. The summed E-state index contributed by atoms with van der Waals surface area (Å²) in [6.07, 6.45) is 8.73. The molecule has 4 heteroatoms. The maximum absolute atomic E-state index is 12.2. The van der Waals surface area contributed by atoms with Gasteiger partial charge in [-0.25, -0.2) is 0 Å². The highest BCUT2D eigenvalue weighted by Crippen LogP contribution is 2.46. The molecule has 1 spiro atoms. The first-order chi connectivity index (χ1) is 9.17. The van der Waals surface area contributed by atoms with Crippen LogP contribution in [-0.2, 0) is 14.3 Å². The van der Waals surface area contributed by atoms with E-state index in [1.165, 1.54) is 38.5 Å². The minimum Gasteiger partial charge on any atom is -0.465 e. The smallest absolute Gasteiger partial charge is 0.306 e. The largest absolute Gasteiger partial charge is 0.465 e. The Morgan fingerprint density at radius 3 is 2.47 bits per heavy atom. The Bertz CT molecular complexity index is 364. The molecular weight excluding hydrogens is 242 g/mol. The van der Waals surface area contributed by atoms with Gasteiger partial charge in [-0.2, -0.15) is 0 Å². The highest BCUT2D eigenvalue weighted by atomic mass is 16.5. The van der Waals surface area contributed by atoms with E-state index in [9.17, 15) is 9.59 Å². The zero-order valence-corrected chi connectivity index (χ0v) is 11.5. The lowest BCUT2D eigenvalue weighted by atomic mass is 9.77. The van der Waals surface area contributed by atoms with Gasteiger partial charge in [0.25, 0.3) is 0 Å². The fourth-order valence-electron chi connectivity index (χ4n) is 3.93. The summed E-state index contributed by atoms with van der Waals surface area (Å²) in [5, 5.41) is 0. The number of nitrogens with zero attached hydrogens (tertiary/aromatic N) is 1. The number of carbonyl (C=O) groups is 2. The molecule has 0 bridgehead atoms. The van der Waals surface area contributed by atoms with Gasteiger partial charge in [0.1, 0.15) is 0 Å². The van der Waals surface area contributed by atoms with Crippen molar-refractivity contribution in [1.29, 1.82) is 0 Å². The van der Waals surface area contributed by atoms with Crippen LogP contribution in [0.4, 0.5) is 0 Å². The Labute approximate surface area is 114 Å². The van der Waals surface area contributed by atoms with Crippen LogP contribution in [0.25, 0.3) is 0 Å². The Morgan fingerprint density at radius 1 is 1.21 bits per heavy atom. The van der Waals surface area contributed by atoms with E-state index < -0.39 is 0 Å². The van der Waals surface area contributed by atoms with Crippen molar-refractivity contribution in [3.05, 3.63) is 0 Å². The molecule has 0 aromatic heterocycles. The van der Waals surface area contributed by atoms with Crippen molar-refractivity contribution in [1.82, 2.24) is 4.90 Å². The third-order valence-corrected chi connectivity index (χ3v) is 5.24. The summed E-state index contributed by atoms with van der Waals surface area (Å²) in [4.78, 5) is 25.3. The number of hydrogen-bond acceptors (Lipinski definition) is 3. The van der Waals surface area contributed by atoms with Crippen LogP contribution >= 0.6 is 0 Å². The zero-order chi connectivity index (χ0) is 13.3. The fraction of sp³-hybridized carbons (Fsp3) is 0.867. The number of ether oxygens (including phenoxy) is 1. The Hall–Kier alpha value is -1.06. The van der Waals surface area contributed by atoms with Crippen LogP contribution in [-0.4, -0.2) is 36.5 Å². The van der Waals surface area contributed by atoms with Crippen molar-refractivity contribution in [3.63, 3.8) is 0 Å². The molecule has 2 aliphatic heterocycles. The molecule has 1 atom stereocenters. The van der Waals surface area contributed by atoms with E-state index in [4.69, 9.17) is 4.74 Å². The SMILES string of the molecule is O=C1C[C@H](CC(=O)N2CCC3(CCCC3)CC2)CO1. The third-order valence-electron chi connectivity index (χ3n) is 5.24. The van der Waals surface area contributed by atoms with E-state index in [0.717, 1.165) is 13.1 Å². The number of piperidine rings is 1. The first kappa shape index (κ1) is 12.9. The monoisotopic (exact) mass is 265 g/mol. The maximum atomic E-state index is 12.2. The maximum Gasteiger partial charge on any atom is 0.306 e. The number of esters is 1. The number of carbonyl (C=O) groups excluding carboxylic acids is 2. The summed E-state index contributed by atoms with van der Waals surface area (Å²) in [5.74, 6) is 0.180. The average Bonchev–Trinajstić information content (AvgIpc) is 3.00. The first-order valence-electron chi connectivity index (χ1n) is 7.60. The van der Waals surface area contributed by atoms with E-state index >= 15 is 0 Å². The van der Waals surface area contributed by atoms with Gasteiger partial charge in [-0.05, 0) is 31.1 Å². The van der Waals surface area contributed by atoms with Gasteiger partial charge in [0.05, 0.1) is 13.0 Å². The van der Waals surface area contributed by atoms with Crippen molar-refractivity contribution < 1.29 is 14.3 Å². The summed E-state index contributed by atoms with van der Waals surface area (Å²) < 4.78 is 4.92. The summed E-state index contributed by atoms with van der Waals surface area (Å²) in [6.45, 7) is 2.27. The molecule has 0 aromatic rings. The second kappa shape index (κ2) is 5.14. The van der Waals surface area contributed by atoms with Crippen molar-refractivity contribution in [2.75, 3.05) is 19.7 Å². The molecule has 0 N–H and O–H groups in total. The average molecular weight is 265 g/mol. The standard InChI is InChI=1S/C15H23NO3/c17-13(9-12-10-14(18)19-11-12)16-7-5-15(6-8-16)3-1-2-4-15/h12H,1-11H2/t12-/m0/s1. The highest BCUT2D eigenvalue weighted by Gasteiger charge is 2.38. The Morgan fingerprint density at radius 2 is 1.89 bits per heavy atom. The van der Waals surface area contributed by atoms with Gasteiger partial charge >= 0.3 is 5.97 Å². The van der Waals surface area contributed by atoms with Crippen molar-refractivity contribution >= 4 is 11.9 Å². The quantitative estimate of drug-likeness (QED) is 0.718. The molecule has 1 aliphatic carbocycles. The Kier molecular flexibility index (Phi) is 3.50. The van der Waals surface area contributed by atoms with E-state index in [0.29, 0.717) is 24.9 Å². The minimum atomic E-state index is -0.152. The predicted molar refractivity (Wildman–Crippen MR) is 70.4 cm³/mol. The molecule has 0 aromatic carbocycles. The predicted octanol–water partition coefficient (Wildman–Crippen LogP) is 2.12. The van der Waals surface area contributed by atoms with Gasteiger partial charge < -0.3 is 9.64 Å². The fourth-order valence-corrected chi connectivity index (χ4v) is 3.93. The second-order valence-corrected chi connectivity index (χ2v) is 6.55. The lowest BCUT2D eigenvalue weighted by Gasteiger charge is -2.39. The van der Waals surface area contributed by atoms with Gasteiger partial charge in [0.15, 0.2) is 0 Å². The van der Waals surface area contributed by atoms with Gasteiger partial charge in [-0.15, -0.1) is 0 Å². The molecule has 19 heavy (non-hydrogen) atoms. The number of likely N-dealkylation sites (tertiary alicyclic amines) is 1. The van der Waals surface area contributed by atoms with Crippen LogP contribution in [0.1, 0.15) is 51.4 Å². The first-order valence-corrected chi connectivity index (χ1v) is 7.60. The molecule has 4 nitrogen and oxygen atoms in total. The summed E-state index contributed by atoms with van der Waals surface area (Å²) >= 11 is 0. The second-order valence-electron chi connectivity index (χ2n) is 6.55. The van der Waals surface area contributed by atoms with Crippen LogP contribution in [0.2, 0.25) is 0 Å². The van der Waals surface area contributed by atoms with Crippen LogP contribution in [0.3, 0.4) is 0 Å². The number of rotatable bonds is 2. The topological polar surface area (TPSA) is 46.6 Å². The molecule has 1 saturated carbocycles. The van der Waals surface area contributed by atoms with E-state index in [-0.39, 0.29) is 17.8 Å². The van der Waals surface area contributed by atoms with Crippen molar-refractivity contribution in [2.45, 2.75) is 51.4 Å². The third kappa shape index (κ3) is 2.77.